The Labute approximate surface area is 132 Å². The average Bonchev–Trinajstić information content (AvgIpc) is 2.59. The molecule has 0 saturated carbocycles. The van der Waals surface area contributed by atoms with Gasteiger partial charge in [0, 0.05) is 13.1 Å². The molecule has 1 aromatic heterocycles. The largest absolute Gasteiger partial charge is 0.481 e. The van der Waals surface area contributed by atoms with E-state index in [4.69, 9.17) is 11.3 Å². The number of nitrogens with zero attached hydrogens (tertiary/aromatic N) is 4. The Kier molecular flexibility index (Phi) is 4.88. The van der Waals surface area contributed by atoms with Gasteiger partial charge in [-0.2, -0.15) is 15.0 Å². The van der Waals surface area contributed by atoms with E-state index in [-0.39, 0.29) is 28.7 Å². The van der Waals surface area contributed by atoms with Gasteiger partial charge in [0.1, 0.15) is 0 Å². The summed E-state index contributed by atoms with van der Waals surface area (Å²) in [6.07, 6.45) is 1.52. The van der Waals surface area contributed by atoms with Gasteiger partial charge in [-0.3, -0.25) is 9.59 Å². The van der Waals surface area contributed by atoms with E-state index in [1.54, 1.807) is 0 Å². The molecule has 2 rings (SSSR count). The summed E-state index contributed by atoms with van der Waals surface area (Å²) in [5, 5.41) is 8.95. The number of rotatable bonds is 6. The highest BCUT2D eigenvalue weighted by molar-refractivity contribution is 7.99. The van der Waals surface area contributed by atoms with Crippen LogP contribution in [0.3, 0.4) is 0 Å². The molecule has 10 heteroatoms. The molecule has 0 aliphatic carbocycles. The number of hydrogen-bond acceptors (Lipinski definition) is 9. The van der Waals surface area contributed by atoms with Gasteiger partial charge >= 0.3 is 11.9 Å². The van der Waals surface area contributed by atoms with Crippen LogP contribution in [-0.4, -0.2) is 57.9 Å². The summed E-state index contributed by atoms with van der Waals surface area (Å²) in [7, 11) is 1.35. The van der Waals surface area contributed by atoms with E-state index in [1.807, 2.05) is 4.90 Å². The van der Waals surface area contributed by atoms with Crippen molar-refractivity contribution in [1.29, 1.82) is 0 Å². The molecule has 1 fully saturated rings. The Morgan fingerprint density at radius 3 is 3.05 bits per heavy atom. The maximum atomic E-state index is 11.7. The third-order valence-corrected chi connectivity index (χ3v) is 4.00. The molecular formula is C12H17N5O4S. The second kappa shape index (κ2) is 7.25. The van der Waals surface area contributed by atoms with E-state index < -0.39 is 5.97 Å². The van der Waals surface area contributed by atoms with E-state index >= 15 is 0 Å². The van der Waals surface area contributed by atoms with E-state index in [2.05, 4.69) is 20.7 Å². The van der Waals surface area contributed by atoms with Crippen molar-refractivity contribution >= 4 is 35.6 Å². The van der Waals surface area contributed by atoms with Gasteiger partial charge in [0.2, 0.25) is 11.9 Å². The maximum absolute atomic E-state index is 11.7. The number of carbonyl (C=O) groups excluding carboxylic acids is 1. The fourth-order valence-corrected chi connectivity index (χ4v) is 2.75. The van der Waals surface area contributed by atoms with Crippen molar-refractivity contribution in [1.82, 2.24) is 15.0 Å². The summed E-state index contributed by atoms with van der Waals surface area (Å²) in [6, 6.07) is 0. The number of nitrogens with two attached hydrogens (primary N) is 1. The Hall–Kier alpha value is -2.10. The molecule has 1 unspecified atom stereocenters. The molecule has 0 amide bonds. The number of aromatic nitrogens is 3. The molecule has 1 atom stereocenters. The van der Waals surface area contributed by atoms with Gasteiger partial charge in [-0.05, 0) is 12.8 Å². The zero-order valence-corrected chi connectivity index (χ0v) is 12.8. The van der Waals surface area contributed by atoms with Crippen LogP contribution in [0.1, 0.15) is 12.8 Å². The fourth-order valence-electron chi connectivity index (χ4n) is 2.20. The lowest BCUT2D eigenvalue weighted by Crippen LogP contribution is -2.40. The van der Waals surface area contributed by atoms with Crippen LogP contribution in [0.25, 0.3) is 0 Å². The number of ether oxygens (including phenoxy) is 1. The minimum absolute atomic E-state index is 0.0306. The number of thioether (sulfide) groups is 1. The number of aliphatic carboxylic acids is 1. The van der Waals surface area contributed by atoms with Crippen LogP contribution in [0.5, 0.6) is 0 Å². The van der Waals surface area contributed by atoms with Crippen molar-refractivity contribution in [3.05, 3.63) is 0 Å². The summed E-state index contributed by atoms with van der Waals surface area (Å²) in [6.45, 7) is 1.08. The Balaban J connectivity index is 2.18. The van der Waals surface area contributed by atoms with Crippen LogP contribution >= 0.6 is 11.8 Å². The molecule has 22 heavy (non-hydrogen) atoms. The zero-order chi connectivity index (χ0) is 16.8. The van der Waals surface area contributed by atoms with Crippen molar-refractivity contribution < 1.29 is 20.8 Å². The quantitative estimate of drug-likeness (QED) is 0.544. The Morgan fingerprint density at radius 2 is 2.36 bits per heavy atom. The first kappa shape index (κ1) is 14.8. The maximum Gasteiger partial charge on any atom is 0.313 e. The summed E-state index contributed by atoms with van der Waals surface area (Å²) in [5.41, 5.74) is 2.09. The molecule has 0 aromatic carbocycles. The molecule has 1 saturated heterocycles. The van der Waals surface area contributed by atoms with Crippen molar-refractivity contribution in [2.24, 2.45) is 5.92 Å². The van der Waals surface area contributed by atoms with Crippen LogP contribution in [-0.2, 0) is 14.3 Å². The SMILES string of the molecule is [2H]Nc1nc(SCC(=O)O)nc(N2CCCC(C(=O)OC)C2)n1. The normalized spacial score (nSPS) is 18.5. The number of nitrogen functional groups attached to an aromatic ring is 1. The first-order chi connectivity index (χ1) is 11.0. The molecule has 0 spiro atoms. The van der Waals surface area contributed by atoms with Crippen molar-refractivity contribution in [2.45, 2.75) is 18.0 Å². The standard InChI is InChI=1S/C12H17N5O4S/c1-21-9(20)7-3-2-4-17(5-7)11-14-10(13)15-12(16-11)22-6-8(18)19/h7H,2-6H2,1H3,(H,18,19)(H2,13,14,15,16)/i/hD. The molecule has 1 aromatic rings. The van der Waals surface area contributed by atoms with Gasteiger partial charge in [0.25, 0.3) is 0 Å². The number of hydrogen-bond donors (Lipinski definition) is 2. The van der Waals surface area contributed by atoms with E-state index in [9.17, 15) is 9.59 Å². The predicted octanol–water partition coefficient (Wildman–Crippen LogP) is 0.0199. The van der Waals surface area contributed by atoms with E-state index in [0.29, 0.717) is 19.0 Å². The highest BCUT2D eigenvalue weighted by atomic mass is 32.2. The lowest BCUT2D eigenvalue weighted by molar-refractivity contribution is -0.145. The molecule has 3 N–H and O–H groups in total. The number of methoxy groups -OCH3 is 1. The smallest absolute Gasteiger partial charge is 0.313 e. The molecule has 0 radical (unpaired) electrons. The van der Waals surface area contributed by atoms with Crippen molar-refractivity contribution in [2.75, 3.05) is 36.6 Å². The molecule has 9 nitrogen and oxygen atoms in total. The van der Waals surface area contributed by atoms with E-state index in [1.165, 1.54) is 7.11 Å². The monoisotopic (exact) mass is 328 g/mol. The molecule has 0 bridgehead atoms. The highest BCUT2D eigenvalue weighted by Gasteiger charge is 2.28. The van der Waals surface area contributed by atoms with Crippen LogP contribution in [0.2, 0.25) is 1.41 Å². The van der Waals surface area contributed by atoms with Crippen LogP contribution < -0.4 is 10.6 Å². The topological polar surface area (TPSA) is 132 Å². The summed E-state index contributed by atoms with van der Waals surface area (Å²) >= 11 is 0.944. The predicted molar refractivity (Wildman–Crippen MR) is 79.6 cm³/mol. The molecule has 1 aliphatic heterocycles. The Morgan fingerprint density at radius 1 is 1.55 bits per heavy atom. The van der Waals surface area contributed by atoms with Gasteiger partial charge < -0.3 is 20.5 Å². The number of esters is 1. The van der Waals surface area contributed by atoms with Crippen LogP contribution in [0.4, 0.5) is 11.9 Å². The third-order valence-electron chi connectivity index (χ3n) is 3.17. The van der Waals surface area contributed by atoms with Crippen LogP contribution in [0, 0.1) is 5.92 Å². The second-order valence-electron chi connectivity index (χ2n) is 4.73. The summed E-state index contributed by atoms with van der Waals surface area (Å²) in [5.74, 6) is -1.36. The van der Waals surface area contributed by atoms with E-state index in [0.717, 1.165) is 24.6 Å². The second-order valence-corrected chi connectivity index (χ2v) is 5.67. The number of carboxylic acids is 1. The van der Waals surface area contributed by atoms with Gasteiger partial charge in [-0.1, -0.05) is 11.8 Å². The molecular weight excluding hydrogens is 310 g/mol. The molecule has 2 heterocycles. The lowest BCUT2D eigenvalue weighted by Gasteiger charge is -2.31. The number of carbonyl (C=O) groups is 2. The molecule has 120 valence electrons. The highest BCUT2D eigenvalue weighted by Crippen LogP contribution is 2.23. The van der Waals surface area contributed by atoms with Gasteiger partial charge in [0.15, 0.2) is 6.57 Å². The average molecular weight is 328 g/mol. The number of anilines is 2. The summed E-state index contributed by atoms with van der Waals surface area (Å²) < 4.78 is 12.0. The van der Waals surface area contributed by atoms with Crippen molar-refractivity contribution in [3.8, 4) is 0 Å². The third kappa shape index (κ3) is 4.20. The fraction of sp³-hybridized carbons (Fsp3) is 0.583. The molecule has 1 aliphatic rings. The first-order valence-corrected chi connectivity index (χ1v) is 7.63. The zero-order valence-electron chi connectivity index (χ0n) is 13.0. The number of piperidine rings is 1. The van der Waals surface area contributed by atoms with Crippen LogP contribution in [0.15, 0.2) is 5.16 Å². The lowest BCUT2D eigenvalue weighted by atomic mass is 9.98. The minimum Gasteiger partial charge on any atom is -0.481 e. The summed E-state index contributed by atoms with van der Waals surface area (Å²) in [4.78, 5) is 36.5. The first-order valence-electron chi connectivity index (χ1n) is 7.14. The van der Waals surface area contributed by atoms with Crippen molar-refractivity contribution in [3.63, 3.8) is 0 Å². The van der Waals surface area contributed by atoms with Gasteiger partial charge in [-0.15, -0.1) is 0 Å². The number of carboxylic acid groups (broad SMARTS) is 1. The minimum atomic E-state index is -0.985. The Bertz CT molecular complexity index is 591. The van der Waals surface area contributed by atoms with Gasteiger partial charge in [-0.25, -0.2) is 0 Å². The van der Waals surface area contributed by atoms with Gasteiger partial charge in [0.05, 0.1) is 18.8 Å².